The number of benzene rings is 13. The summed E-state index contributed by atoms with van der Waals surface area (Å²) >= 11 is 0. The van der Waals surface area contributed by atoms with E-state index in [0.29, 0.717) is 0 Å². The van der Waals surface area contributed by atoms with Gasteiger partial charge in [-0.2, -0.15) is 41.5 Å². The number of hydrogen-bond acceptors (Lipinski definition) is 0. The van der Waals surface area contributed by atoms with Crippen LogP contribution in [0.15, 0.2) is 303 Å². The van der Waals surface area contributed by atoms with Gasteiger partial charge in [-0.05, 0) is 93.6 Å². The van der Waals surface area contributed by atoms with Gasteiger partial charge in [-0.15, -0.1) is 0 Å². The minimum Gasteiger partial charge on any atom is -0.171 e. The summed E-state index contributed by atoms with van der Waals surface area (Å²) in [6, 6.07) is 115. The third-order valence-corrected chi connectivity index (χ3v) is 24.8. The highest BCUT2D eigenvalue weighted by atomic mass is 28.3. The molecule has 2 heteroatoms. The second kappa shape index (κ2) is 18.3. The van der Waals surface area contributed by atoms with E-state index in [9.17, 15) is 0 Å². The molecule has 0 amide bonds. The molecule has 0 aromatic heterocycles. The molecule has 0 aliphatic rings. The Labute approximate surface area is 423 Å². The fourth-order valence-corrected chi connectivity index (χ4v) is 21.7. The molecule has 13 aromatic carbocycles. The monoisotopic (exact) mass is 946 g/mol. The summed E-state index contributed by atoms with van der Waals surface area (Å²) in [7, 11) is -5.85. The maximum Gasteiger partial charge on any atom is -0.00272 e. The van der Waals surface area contributed by atoms with Gasteiger partial charge in [-0.25, -0.2) is 0 Å². The molecular weight excluding hydrogens is 897 g/mol. The highest BCUT2D eigenvalue weighted by Gasteiger charge is 2.31. The molecule has 0 spiro atoms. The van der Waals surface area contributed by atoms with Crippen molar-refractivity contribution in [1.82, 2.24) is 0 Å². The van der Waals surface area contributed by atoms with Crippen molar-refractivity contribution in [3.63, 3.8) is 0 Å². The van der Waals surface area contributed by atoms with Crippen molar-refractivity contribution in [2.24, 2.45) is 0 Å². The number of fused-ring (bicyclic) bond motifs is 4. The Kier molecular flexibility index (Phi) is 11.0. The minimum absolute atomic E-state index is 1.21. The Morgan fingerprint density at radius 1 is 0.167 bits per heavy atom. The normalized spacial score (nSPS) is 11.9. The zero-order valence-corrected chi connectivity index (χ0v) is 41.9. The topological polar surface area (TPSA) is 0 Å². The summed E-state index contributed by atoms with van der Waals surface area (Å²) in [5.74, 6) is 0. The van der Waals surface area contributed by atoms with Gasteiger partial charge in [-0.3, -0.25) is 0 Å². The predicted octanol–water partition coefficient (Wildman–Crippen LogP) is 12.4. The van der Waals surface area contributed by atoms with Crippen molar-refractivity contribution in [1.29, 1.82) is 0 Å². The summed E-state index contributed by atoms with van der Waals surface area (Å²) < 4.78 is 0. The predicted molar refractivity (Wildman–Crippen MR) is 315 cm³/mol. The Hall–Kier alpha value is -8.67. The molecule has 0 N–H and O–H groups in total. The van der Waals surface area contributed by atoms with Gasteiger partial charge < -0.3 is 0 Å². The maximum absolute atomic E-state index is 2.93. The van der Waals surface area contributed by atoms with Crippen LogP contribution in [-0.2, 0) is 0 Å². The van der Waals surface area contributed by atoms with Crippen LogP contribution in [0.2, 0.25) is 0 Å². The van der Waals surface area contributed by atoms with E-state index < -0.39 is 16.1 Å². The van der Waals surface area contributed by atoms with Crippen molar-refractivity contribution in [3.8, 4) is 22.3 Å². The van der Waals surface area contributed by atoms with E-state index in [0.717, 1.165) is 0 Å². The van der Waals surface area contributed by atoms with Gasteiger partial charge >= 0.3 is 0 Å². The van der Waals surface area contributed by atoms with Crippen LogP contribution in [-0.4, -0.2) is 16.1 Å². The van der Waals surface area contributed by atoms with Crippen molar-refractivity contribution in [3.05, 3.63) is 303 Å². The Bertz CT molecular complexity index is 3600. The third-order valence-electron chi connectivity index (χ3n) is 15.3. The molecule has 0 saturated heterocycles. The molecule has 0 atom stereocenters. The summed E-state index contributed by atoms with van der Waals surface area (Å²) in [6.07, 6.45) is 0. The summed E-state index contributed by atoms with van der Waals surface area (Å²) in [4.78, 5) is 0. The van der Waals surface area contributed by atoms with E-state index in [2.05, 4.69) is 303 Å². The first-order chi connectivity index (χ1) is 35.7. The van der Waals surface area contributed by atoms with E-state index in [1.54, 1.807) is 0 Å². The van der Waals surface area contributed by atoms with Gasteiger partial charge in [0.1, 0.15) is 0 Å². The number of rotatable bonds is 10. The SMILES string of the molecule is c1ccc([Si-](c2ccccc2)(c2ccccc2)c2ccc3c(-c4ccc5ccccc5c4)c4cc([Si-](c5ccccc5)(c5ccccc5)c5ccccc5)ccc4c(-c4ccc5ccccc5c4)c3c2)cc1. The minimum atomic E-state index is -2.93. The highest BCUT2D eigenvalue weighted by Crippen LogP contribution is 2.45. The third kappa shape index (κ3) is 7.10. The fraction of sp³-hybridized carbons (Fsp3) is 0. The molecule has 13 aromatic rings. The van der Waals surface area contributed by atoms with Crippen LogP contribution in [0.1, 0.15) is 0 Å². The molecule has 0 fully saturated rings. The zero-order chi connectivity index (χ0) is 47.9. The van der Waals surface area contributed by atoms with Gasteiger partial charge in [0, 0.05) is 0 Å². The Morgan fingerprint density at radius 3 is 0.722 bits per heavy atom. The first kappa shape index (κ1) is 43.4. The van der Waals surface area contributed by atoms with Crippen molar-refractivity contribution >= 4 is 101 Å². The average molecular weight is 947 g/mol. The molecule has 0 nitrogen and oxygen atoms in total. The first-order valence-electron chi connectivity index (χ1n) is 25.1. The van der Waals surface area contributed by atoms with Crippen LogP contribution in [0.25, 0.3) is 65.3 Å². The fourth-order valence-electron chi connectivity index (χ4n) is 12.1. The molecule has 13 rings (SSSR count). The van der Waals surface area contributed by atoms with Gasteiger partial charge in [0.15, 0.2) is 0 Å². The molecule has 0 bridgehead atoms. The van der Waals surface area contributed by atoms with Crippen LogP contribution < -0.4 is 41.5 Å². The molecule has 0 aliphatic heterocycles. The average Bonchev–Trinajstić information content (AvgIpc) is 3.46. The number of hydrogen-bond donors (Lipinski definition) is 0. The van der Waals surface area contributed by atoms with Crippen LogP contribution in [0, 0.1) is 0 Å². The molecule has 72 heavy (non-hydrogen) atoms. The lowest BCUT2D eigenvalue weighted by Gasteiger charge is -2.47. The Balaban J connectivity index is 1.22. The lowest BCUT2D eigenvalue weighted by atomic mass is 9.85. The molecule has 0 saturated carbocycles. The zero-order valence-electron chi connectivity index (χ0n) is 39.9. The van der Waals surface area contributed by atoms with E-state index in [1.807, 2.05) is 0 Å². The van der Waals surface area contributed by atoms with Crippen molar-refractivity contribution in [2.75, 3.05) is 0 Å². The first-order valence-corrected chi connectivity index (χ1v) is 29.1. The maximum atomic E-state index is 2.61. The van der Waals surface area contributed by atoms with Crippen molar-refractivity contribution < 1.29 is 0 Å². The summed E-state index contributed by atoms with van der Waals surface area (Å²) in [5, 5.41) is 20.8. The smallest absolute Gasteiger partial charge is 0.00272 e. The van der Waals surface area contributed by atoms with Crippen molar-refractivity contribution in [2.45, 2.75) is 0 Å². The summed E-state index contributed by atoms with van der Waals surface area (Å²) in [6.45, 7) is 0. The lowest BCUT2D eigenvalue weighted by molar-refractivity contribution is 1.66. The second-order valence-electron chi connectivity index (χ2n) is 19.1. The standard InChI is InChI=1S/C70H50Si2/c1-7-27-57(28-8-1)71(58-29-9-2-10-30-58,59-31-11-3-12-32-59)63-43-45-65-67(49-63)69(55-41-39-51-23-19-21-25-53(51)47-55)66-46-44-64(50-68(66)70(65)56-42-40-52-24-20-22-26-54(52)48-56)72(60-33-13-4-14-34-60,61-35-15-5-16-36-61)62-37-17-6-18-38-62/h1-50H/q-2. The Morgan fingerprint density at radius 2 is 0.431 bits per heavy atom. The van der Waals surface area contributed by atoms with E-state index in [-0.39, 0.29) is 0 Å². The molecule has 0 radical (unpaired) electrons. The van der Waals surface area contributed by atoms with Crippen LogP contribution in [0.4, 0.5) is 0 Å². The second-order valence-corrected chi connectivity index (χ2v) is 26.7. The van der Waals surface area contributed by atoms with E-state index in [1.165, 1.54) is 107 Å². The van der Waals surface area contributed by atoms with Gasteiger partial charge in [0.2, 0.25) is 0 Å². The molecule has 0 aliphatic carbocycles. The van der Waals surface area contributed by atoms with Crippen LogP contribution in [0.3, 0.4) is 0 Å². The molecule has 0 heterocycles. The largest absolute Gasteiger partial charge is 0.171 e. The molecule has 340 valence electrons. The molecular formula is C70H50Si2-2. The van der Waals surface area contributed by atoms with E-state index >= 15 is 0 Å². The van der Waals surface area contributed by atoms with Gasteiger partial charge in [0.25, 0.3) is 0 Å². The molecule has 0 unspecified atom stereocenters. The van der Waals surface area contributed by atoms with Crippen LogP contribution >= 0.6 is 0 Å². The quantitative estimate of drug-likeness (QED) is 0.0728. The van der Waals surface area contributed by atoms with Gasteiger partial charge in [-0.1, -0.05) is 291 Å². The van der Waals surface area contributed by atoms with Crippen LogP contribution in [0.5, 0.6) is 0 Å². The highest BCUT2D eigenvalue weighted by molar-refractivity contribution is 7.20. The van der Waals surface area contributed by atoms with Gasteiger partial charge in [0.05, 0.1) is 0 Å². The van der Waals surface area contributed by atoms with E-state index in [4.69, 9.17) is 0 Å². The summed E-state index contributed by atoms with van der Waals surface area (Å²) in [5.41, 5.74) is 4.94. The lowest BCUT2D eigenvalue weighted by Crippen LogP contribution is -2.74.